The third kappa shape index (κ3) is 5.62. The summed E-state index contributed by atoms with van der Waals surface area (Å²) in [4.78, 5) is 25.4. The number of nitrogens with zero attached hydrogens (tertiary/aromatic N) is 3. The van der Waals surface area contributed by atoms with Crippen LogP contribution in [0.5, 0.6) is 5.75 Å². The summed E-state index contributed by atoms with van der Waals surface area (Å²) in [5.74, 6) is -0.510. The highest BCUT2D eigenvalue weighted by Gasteiger charge is 2.34. The molecule has 35 heavy (non-hydrogen) atoms. The zero-order chi connectivity index (χ0) is 24.4. The van der Waals surface area contributed by atoms with Gasteiger partial charge in [-0.25, -0.2) is 15.0 Å². The molecule has 1 N–H and O–H groups in total. The van der Waals surface area contributed by atoms with Crippen LogP contribution < -0.4 is 10.1 Å². The Bertz CT molecular complexity index is 1190. The van der Waals surface area contributed by atoms with Crippen molar-refractivity contribution in [3.8, 4) is 16.3 Å². The van der Waals surface area contributed by atoms with Crippen molar-refractivity contribution in [2.45, 2.75) is 50.4 Å². The molecule has 2 aliphatic rings. The molecule has 1 saturated heterocycles. The van der Waals surface area contributed by atoms with Gasteiger partial charge < -0.3 is 14.8 Å². The van der Waals surface area contributed by atoms with Gasteiger partial charge in [-0.3, -0.25) is 4.79 Å². The van der Waals surface area contributed by atoms with Crippen molar-refractivity contribution < 1.29 is 27.4 Å². The van der Waals surface area contributed by atoms with Crippen LogP contribution in [0.2, 0.25) is 0 Å². The van der Waals surface area contributed by atoms with Gasteiger partial charge in [0.1, 0.15) is 16.9 Å². The number of nitrogens with one attached hydrogen (secondary N) is 1. The monoisotopic (exact) mass is 504 g/mol. The van der Waals surface area contributed by atoms with Gasteiger partial charge in [0.25, 0.3) is 5.91 Å². The zero-order valence-corrected chi connectivity index (χ0v) is 19.5. The molecule has 1 aliphatic carbocycles. The quantitative estimate of drug-likeness (QED) is 0.488. The predicted molar refractivity (Wildman–Crippen MR) is 122 cm³/mol. The van der Waals surface area contributed by atoms with E-state index in [1.165, 1.54) is 24.1 Å². The molecule has 2 fully saturated rings. The van der Waals surface area contributed by atoms with Crippen LogP contribution in [0.25, 0.3) is 10.6 Å². The summed E-state index contributed by atoms with van der Waals surface area (Å²) in [6, 6.07) is 5.28. The van der Waals surface area contributed by atoms with E-state index in [1.54, 1.807) is 23.5 Å². The summed E-state index contributed by atoms with van der Waals surface area (Å²) < 4.78 is 49.5. The summed E-state index contributed by atoms with van der Waals surface area (Å²) >= 11 is 1.62. The van der Waals surface area contributed by atoms with E-state index in [4.69, 9.17) is 9.47 Å². The van der Waals surface area contributed by atoms with Gasteiger partial charge in [0, 0.05) is 53.1 Å². The Morgan fingerprint density at radius 3 is 2.57 bits per heavy atom. The van der Waals surface area contributed by atoms with E-state index in [-0.39, 0.29) is 12.6 Å². The maximum absolute atomic E-state index is 13.0. The molecule has 1 atom stereocenters. The standard InChI is InChI=1S/C24H23F3N4O3S/c25-24(26,27)23-30-10-14(11-31-23)9-28-21(32)16-6-17(8-19(7-16)34-18-4-5-33-13-18)22-29-12-20(35-22)15-2-1-3-15/h6-8,10-12,15,18H,1-5,9,13H2,(H,28,32)/t18-/m1/s1. The lowest BCUT2D eigenvalue weighted by molar-refractivity contribution is -0.145. The molecule has 1 aliphatic heterocycles. The number of hydrogen-bond acceptors (Lipinski definition) is 7. The van der Waals surface area contributed by atoms with Crippen molar-refractivity contribution in [1.29, 1.82) is 0 Å². The summed E-state index contributed by atoms with van der Waals surface area (Å²) in [5.41, 5.74) is 1.50. The number of amides is 1. The Morgan fingerprint density at radius 2 is 1.91 bits per heavy atom. The first-order valence-corrected chi connectivity index (χ1v) is 12.2. The molecule has 3 heterocycles. The van der Waals surface area contributed by atoms with E-state index in [9.17, 15) is 18.0 Å². The van der Waals surface area contributed by atoms with Crippen LogP contribution in [-0.4, -0.2) is 40.2 Å². The molecule has 0 bridgehead atoms. The van der Waals surface area contributed by atoms with E-state index in [1.807, 2.05) is 12.3 Å². The second-order valence-electron chi connectivity index (χ2n) is 8.64. The zero-order valence-electron chi connectivity index (χ0n) is 18.7. The molecule has 5 rings (SSSR count). The summed E-state index contributed by atoms with van der Waals surface area (Å²) in [6.07, 6.45) is 3.66. The summed E-state index contributed by atoms with van der Waals surface area (Å²) in [6.45, 7) is 1.10. The van der Waals surface area contributed by atoms with Crippen molar-refractivity contribution in [2.24, 2.45) is 0 Å². The number of benzene rings is 1. The molecule has 1 aromatic carbocycles. The van der Waals surface area contributed by atoms with Gasteiger partial charge in [-0.05, 0) is 37.0 Å². The van der Waals surface area contributed by atoms with E-state index in [0.29, 0.717) is 36.0 Å². The number of alkyl halides is 3. The minimum atomic E-state index is -4.61. The van der Waals surface area contributed by atoms with Crippen molar-refractivity contribution in [3.05, 3.63) is 58.6 Å². The molecule has 0 unspecified atom stereocenters. The fourth-order valence-corrected chi connectivity index (χ4v) is 4.97. The lowest BCUT2D eigenvalue weighted by Gasteiger charge is -2.23. The molecule has 0 radical (unpaired) electrons. The number of hydrogen-bond donors (Lipinski definition) is 1. The number of ether oxygens (including phenoxy) is 2. The maximum Gasteiger partial charge on any atom is 0.451 e. The minimum absolute atomic E-state index is 0.0169. The fourth-order valence-electron chi connectivity index (χ4n) is 3.90. The van der Waals surface area contributed by atoms with Crippen LogP contribution in [0.4, 0.5) is 13.2 Å². The maximum atomic E-state index is 13.0. The van der Waals surface area contributed by atoms with Crippen molar-refractivity contribution in [2.75, 3.05) is 13.2 Å². The van der Waals surface area contributed by atoms with Crippen LogP contribution >= 0.6 is 11.3 Å². The van der Waals surface area contributed by atoms with Gasteiger partial charge in [-0.2, -0.15) is 13.2 Å². The van der Waals surface area contributed by atoms with Crippen molar-refractivity contribution >= 4 is 17.2 Å². The summed E-state index contributed by atoms with van der Waals surface area (Å²) in [5, 5.41) is 3.53. The highest BCUT2D eigenvalue weighted by atomic mass is 32.1. The largest absolute Gasteiger partial charge is 0.488 e. The average molecular weight is 505 g/mol. The predicted octanol–water partition coefficient (Wildman–Crippen LogP) is 4.98. The molecule has 2 aromatic heterocycles. The molecule has 1 amide bonds. The SMILES string of the molecule is O=C(NCc1cnc(C(F)(F)F)nc1)c1cc(O[C@@H]2CCOC2)cc(-c2ncc(C3CCC3)s2)c1. The topological polar surface area (TPSA) is 86.2 Å². The molecular formula is C24H23F3N4O3S. The lowest BCUT2D eigenvalue weighted by Crippen LogP contribution is -2.24. The normalized spacial score (nSPS) is 18.3. The molecule has 7 nitrogen and oxygen atoms in total. The molecule has 0 spiro atoms. The van der Waals surface area contributed by atoms with E-state index < -0.39 is 17.9 Å². The minimum Gasteiger partial charge on any atom is -0.488 e. The molecule has 11 heteroatoms. The van der Waals surface area contributed by atoms with E-state index in [0.717, 1.165) is 29.4 Å². The van der Waals surface area contributed by atoms with Crippen LogP contribution in [0, 0.1) is 0 Å². The Balaban J connectivity index is 1.34. The third-order valence-corrected chi connectivity index (χ3v) is 7.26. The van der Waals surface area contributed by atoms with Crippen LogP contribution in [0.15, 0.2) is 36.8 Å². The molecular weight excluding hydrogens is 481 g/mol. The second-order valence-corrected chi connectivity index (χ2v) is 9.70. The van der Waals surface area contributed by atoms with Crippen LogP contribution in [-0.2, 0) is 17.5 Å². The van der Waals surface area contributed by atoms with Gasteiger partial charge in [-0.1, -0.05) is 6.42 Å². The Kier molecular flexibility index (Phi) is 6.70. The van der Waals surface area contributed by atoms with Gasteiger partial charge in [0.15, 0.2) is 0 Å². The number of carbonyl (C=O) groups is 1. The molecule has 1 saturated carbocycles. The third-order valence-electron chi connectivity index (χ3n) is 6.05. The fraction of sp³-hybridized carbons (Fsp3) is 0.417. The first kappa shape index (κ1) is 23.7. The number of carbonyl (C=O) groups excluding carboxylic acids is 1. The number of thiazole rings is 1. The number of rotatable bonds is 7. The highest BCUT2D eigenvalue weighted by molar-refractivity contribution is 7.15. The van der Waals surface area contributed by atoms with E-state index >= 15 is 0 Å². The van der Waals surface area contributed by atoms with Crippen molar-refractivity contribution in [3.63, 3.8) is 0 Å². The highest BCUT2D eigenvalue weighted by Crippen LogP contribution is 2.41. The Hall–Kier alpha value is -3.05. The molecule has 184 valence electrons. The molecule has 3 aromatic rings. The van der Waals surface area contributed by atoms with Crippen LogP contribution in [0.3, 0.4) is 0 Å². The second kappa shape index (κ2) is 9.90. The smallest absolute Gasteiger partial charge is 0.451 e. The number of aromatic nitrogens is 3. The lowest BCUT2D eigenvalue weighted by atomic mass is 9.85. The van der Waals surface area contributed by atoms with Crippen molar-refractivity contribution in [1.82, 2.24) is 20.3 Å². The van der Waals surface area contributed by atoms with Gasteiger partial charge >= 0.3 is 6.18 Å². The van der Waals surface area contributed by atoms with Gasteiger partial charge in [0.2, 0.25) is 5.82 Å². The average Bonchev–Trinajstić information content (AvgIpc) is 3.48. The van der Waals surface area contributed by atoms with E-state index in [2.05, 4.69) is 20.3 Å². The Morgan fingerprint density at radius 1 is 1.11 bits per heavy atom. The summed E-state index contributed by atoms with van der Waals surface area (Å²) in [7, 11) is 0. The first-order valence-electron chi connectivity index (χ1n) is 11.4. The first-order chi connectivity index (χ1) is 16.8. The van der Waals surface area contributed by atoms with Crippen LogP contribution in [0.1, 0.15) is 58.2 Å². The number of halogens is 3. The van der Waals surface area contributed by atoms with Gasteiger partial charge in [-0.15, -0.1) is 11.3 Å². The van der Waals surface area contributed by atoms with Gasteiger partial charge in [0.05, 0.1) is 13.2 Å². The Labute approximate surface area is 203 Å².